The van der Waals surface area contributed by atoms with Crippen molar-refractivity contribution in [3.05, 3.63) is 113 Å². The molecule has 0 unspecified atom stereocenters. The van der Waals surface area contributed by atoms with Gasteiger partial charge >= 0.3 is 0 Å². The maximum atomic E-state index is 12.4. The molecule has 2 nitrogen and oxygen atoms in total. The molecule has 29 heavy (non-hydrogen) atoms. The van der Waals surface area contributed by atoms with Crippen LogP contribution in [-0.4, -0.2) is 30.3 Å². The molecule has 0 amide bonds. The van der Waals surface area contributed by atoms with Crippen molar-refractivity contribution in [3.63, 3.8) is 0 Å². The number of carbonyl (C=O) groups excluding carboxylic acids is 1. The van der Waals surface area contributed by atoms with Crippen LogP contribution < -0.4 is 0 Å². The van der Waals surface area contributed by atoms with E-state index in [1.54, 1.807) is 0 Å². The minimum Gasteiger partial charge on any atom is -0.302 e. The molecule has 0 aliphatic carbocycles. The molecule has 0 saturated carbocycles. The zero-order valence-electron chi connectivity index (χ0n) is 16.8. The van der Waals surface area contributed by atoms with Gasteiger partial charge in [0.05, 0.1) is 0 Å². The van der Waals surface area contributed by atoms with Gasteiger partial charge in [-0.25, -0.2) is 0 Å². The van der Waals surface area contributed by atoms with Crippen LogP contribution in [0.15, 0.2) is 96.6 Å². The van der Waals surface area contributed by atoms with Crippen LogP contribution in [0.2, 0.25) is 0 Å². The van der Waals surface area contributed by atoms with Gasteiger partial charge in [-0.15, -0.1) is 0 Å². The average Bonchev–Trinajstić information content (AvgIpc) is 2.80. The molecule has 1 aliphatic heterocycles. The number of piperidine rings is 1. The first-order chi connectivity index (χ1) is 14.3. The van der Waals surface area contributed by atoms with E-state index in [1.165, 1.54) is 22.3 Å². The third kappa shape index (κ3) is 4.90. The van der Waals surface area contributed by atoms with Crippen molar-refractivity contribution in [2.75, 3.05) is 19.6 Å². The van der Waals surface area contributed by atoms with Gasteiger partial charge in [-0.3, -0.25) is 4.79 Å². The molecule has 0 bridgehead atoms. The van der Waals surface area contributed by atoms with Gasteiger partial charge in [0.1, 0.15) is 0 Å². The van der Waals surface area contributed by atoms with E-state index in [0.717, 1.165) is 38.0 Å². The van der Waals surface area contributed by atoms with Crippen LogP contribution in [0.5, 0.6) is 0 Å². The fourth-order valence-corrected chi connectivity index (χ4v) is 4.11. The highest BCUT2D eigenvalue weighted by Crippen LogP contribution is 2.32. The fraction of sp³-hybridized carbons (Fsp3) is 0.222. The molecule has 2 heteroatoms. The van der Waals surface area contributed by atoms with E-state index >= 15 is 0 Å². The molecule has 0 radical (unpaired) electrons. The Labute approximate surface area is 173 Å². The molecule has 0 spiro atoms. The van der Waals surface area contributed by atoms with E-state index in [1.807, 2.05) is 30.3 Å². The van der Waals surface area contributed by atoms with Gasteiger partial charge in [0.15, 0.2) is 5.78 Å². The second-order valence-corrected chi connectivity index (χ2v) is 7.59. The lowest BCUT2D eigenvalue weighted by Gasteiger charge is -2.30. The Bertz CT molecular complexity index is 910. The van der Waals surface area contributed by atoms with Gasteiger partial charge in [-0.2, -0.15) is 0 Å². The number of nitrogens with zero attached hydrogens (tertiary/aromatic N) is 1. The van der Waals surface area contributed by atoms with E-state index in [9.17, 15) is 4.79 Å². The van der Waals surface area contributed by atoms with Gasteiger partial charge in [-0.1, -0.05) is 96.6 Å². The van der Waals surface area contributed by atoms with Crippen LogP contribution in [-0.2, 0) is 0 Å². The van der Waals surface area contributed by atoms with Crippen molar-refractivity contribution in [1.82, 2.24) is 4.90 Å². The van der Waals surface area contributed by atoms with E-state index in [4.69, 9.17) is 0 Å². The zero-order chi connectivity index (χ0) is 19.9. The molecular weight excluding hydrogens is 354 g/mol. The Kier molecular flexibility index (Phi) is 6.33. The number of likely N-dealkylation sites (tertiary alicyclic amines) is 1. The van der Waals surface area contributed by atoms with Crippen molar-refractivity contribution in [2.24, 2.45) is 0 Å². The SMILES string of the molecule is O=C(CCN1CCC(=C(c2ccccc2)c2ccccc2)CC1)c1ccccc1. The summed E-state index contributed by atoms with van der Waals surface area (Å²) in [6.45, 7) is 2.87. The summed E-state index contributed by atoms with van der Waals surface area (Å²) in [5, 5.41) is 0. The molecule has 0 aromatic heterocycles. The molecule has 3 aromatic rings. The summed E-state index contributed by atoms with van der Waals surface area (Å²) in [5.74, 6) is 0.237. The summed E-state index contributed by atoms with van der Waals surface area (Å²) in [6, 6.07) is 31.1. The van der Waals surface area contributed by atoms with Crippen LogP contribution in [0.3, 0.4) is 0 Å². The Morgan fingerprint density at radius 2 is 1.10 bits per heavy atom. The average molecular weight is 382 g/mol. The summed E-state index contributed by atoms with van der Waals surface area (Å²) >= 11 is 0. The van der Waals surface area contributed by atoms with E-state index in [0.29, 0.717) is 6.42 Å². The van der Waals surface area contributed by atoms with Gasteiger partial charge < -0.3 is 4.90 Å². The second kappa shape index (κ2) is 9.49. The normalized spacial score (nSPS) is 14.6. The number of rotatable bonds is 6. The van der Waals surface area contributed by atoms with Crippen LogP contribution in [0.4, 0.5) is 0 Å². The molecule has 3 aromatic carbocycles. The van der Waals surface area contributed by atoms with Crippen molar-refractivity contribution >= 4 is 11.4 Å². The van der Waals surface area contributed by atoms with Crippen LogP contribution >= 0.6 is 0 Å². The highest BCUT2D eigenvalue weighted by molar-refractivity contribution is 5.96. The van der Waals surface area contributed by atoms with E-state index in [2.05, 4.69) is 65.6 Å². The molecule has 1 heterocycles. The molecule has 1 saturated heterocycles. The number of ketones is 1. The fourth-order valence-electron chi connectivity index (χ4n) is 4.11. The molecule has 0 atom stereocenters. The largest absolute Gasteiger partial charge is 0.302 e. The van der Waals surface area contributed by atoms with Gasteiger partial charge in [0.25, 0.3) is 0 Å². The Hall–Kier alpha value is -2.97. The topological polar surface area (TPSA) is 20.3 Å². The van der Waals surface area contributed by atoms with Crippen LogP contribution in [0, 0.1) is 0 Å². The lowest BCUT2D eigenvalue weighted by atomic mass is 9.88. The molecule has 0 N–H and O–H groups in total. The third-order valence-corrected chi connectivity index (χ3v) is 5.69. The first-order valence-corrected chi connectivity index (χ1v) is 10.4. The predicted molar refractivity (Wildman–Crippen MR) is 120 cm³/mol. The first-order valence-electron chi connectivity index (χ1n) is 10.4. The Morgan fingerprint density at radius 3 is 1.59 bits per heavy atom. The number of hydrogen-bond acceptors (Lipinski definition) is 2. The molecular formula is C27H27NO. The second-order valence-electron chi connectivity index (χ2n) is 7.59. The van der Waals surface area contributed by atoms with Gasteiger partial charge in [-0.05, 0) is 29.5 Å². The van der Waals surface area contributed by atoms with Crippen LogP contribution in [0.1, 0.15) is 40.7 Å². The summed E-state index contributed by atoms with van der Waals surface area (Å²) in [6.07, 6.45) is 2.70. The van der Waals surface area contributed by atoms with E-state index in [-0.39, 0.29) is 5.78 Å². The monoisotopic (exact) mass is 381 g/mol. The van der Waals surface area contributed by atoms with Gasteiger partial charge in [0, 0.05) is 31.6 Å². The first kappa shape index (κ1) is 19.4. The van der Waals surface area contributed by atoms with Crippen molar-refractivity contribution in [1.29, 1.82) is 0 Å². The van der Waals surface area contributed by atoms with Crippen LogP contribution in [0.25, 0.3) is 5.57 Å². The minimum atomic E-state index is 0.237. The van der Waals surface area contributed by atoms with Gasteiger partial charge in [0.2, 0.25) is 0 Å². The number of carbonyl (C=O) groups is 1. The summed E-state index contributed by atoms with van der Waals surface area (Å²) in [4.78, 5) is 14.8. The maximum absolute atomic E-state index is 12.4. The van der Waals surface area contributed by atoms with Crippen molar-refractivity contribution < 1.29 is 4.79 Å². The molecule has 1 fully saturated rings. The van der Waals surface area contributed by atoms with E-state index < -0.39 is 0 Å². The lowest BCUT2D eigenvalue weighted by molar-refractivity contribution is 0.0962. The summed E-state index contributed by atoms with van der Waals surface area (Å²) in [7, 11) is 0. The minimum absolute atomic E-state index is 0.237. The summed E-state index contributed by atoms with van der Waals surface area (Å²) in [5.41, 5.74) is 6.31. The highest BCUT2D eigenvalue weighted by atomic mass is 16.1. The molecule has 1 aliphatic rings. The lowest BCUT2D eigenvalue weighted by Crippen LogP contribution is -2.33. The van der Waals surface area contributed by atoms with Crippen molar-refractivity contribution in [3.8, 4) is 0 Å². The maximum Gasteiger partial charge on any atom is 0.164 e. The zero-order valence-corrected chi connectivity index (χ0v) is 16.8. The Morgan fingerprint density at radius 1 is 0.655 bits per heavy atom. The smallest absolute Gasteiger partial charge is 0.164 e. The summed E-state index contributed by atoms with van der Waals surface area (Å²) < 4.78 is 0. The molecule has 146 valence electrons. The number of hydrogen-bond donors (Lipinski definition) is 0. The number of benzene rings is 3. The molecule has 4 rings (SSSR count). The number of Topliss-reactive ketones (excluding diaryl/α,β-unsaturated/α-hetero) is 1. The quantitative estimate of drug-likeness (QED) is 0.499. The standard InChI is InChI=1S/C27H27NO/c29-26(22-10-4-1-5-11-22)18-21-28-19-16-25(17-20-28)27(23-12-6-2-7-13-23)24-14-8-3-9-15-24/h1-15H,16-21H2. The third-order valence-electron chi connectivity index (χ3n) is 5.69. The predicted octanol–water partition coefficient (Wildman–Crippen LogP) is 5.86. The Balaban J connectivity index is 1.45. The highest BCUT2D eigenvalue weighted by Gasteiger charge is 2.19. The van der Waals surface area contributed by atoms with Crippen molar-refractivity contribution in [2.45, 2.75) is 19.3 Å².